The van der Waals surface area contributed by atoms with E-state index in [4.69, 9.17) is 0 Å². The van der Waals surface area contributed by atoms with Crippen LogP contribution in [-0.4, -0.2) is 11.4 Å². The molecular formula is C9H9IO2. The van der Waals surface area contributed by atoms with Crippen LogP contribution in [0.4, 0.5) is 0 Å². The molecule has 0 unspecified atom stereocenters. The van der Waals surface area contributed by atoms with Crippen LogP contribution in [0.1, 0.15) is 22.8 Å². The number of phenols is 1. The summed E-state index contributed by atoms with van der Waals surface area (Å²) in [6.45, 7) is 1.94. The highest BCUT2D eigenvalue weighted by Crippen LogP contribution is 2.24. The maximum absolute atomic E-state index is 10.5. The minimum absolute atomic E-state index is 0.118. The molecule has 0 saturated carbocycles. The number of rotatable bonds is 2. The lowest BCUT2D eigenvalue weighted by atomic mass is 10.1. The van der Waals surface area contributed by atoms with Crippen molar-refractivity contribution in [1.82, 2.24) is 0 Å². The van der Waals surface area contributed by atoms with E-state index < -0.39 is 0 Å². The Hall–Kier alpha value is -0.580. The number of carbonyl (C=O) groups is 1. The SMILES string of the molecule is CCc1cc(I)cc(C=O)c1O. The molecule has 1 aromatic carbocycles. The molecule has 0 fully saturated rings. The van der Waals surface area contributed by atoms with Crippen molar-refractivity contribution >= 4 is 28.9 Å². The molecule has 0 aromatic heterocycles. The fourth-order valence-electron chi connectivity index (χ4n) is 1.04. The highest BCUT2D eigenvalue weighted by atomic mass is 127. The van der Waals surface area contributed by atoms with Crippen molar-refractivity contribution in [3.8, 4) is 5.75 Å². The van der Waals surface area contributed by atoms with E-state index in [1.54, 1.807) is 6.07 Å². The number of carbonyl (C=O) groups excluding carboxylic acids is 1. The summed E-state index contributed by atoms with van der Waals surface area (Å²) >= 11 is 2.12. The summed E-state index contributed by atoms with van der Waals surface area (Å²) in [4.78, 5) is 10.5. The van der Waals surface area contributed by atoms with Gasteiger partial charge >= 0.3 is 0 Å². The molecule has 2 nitrogen and oxygen atoms in total. The standard InChI is InChI=1S/C9H9IO2/c1-2-6-3-8(10)4-7(5-11)9(6)12/h3-5,12H,2H2,1H3. The molecule has 3 heteroatoms. The van der Waals surface area contributed by atoms with Gasteiger partial charge in [0.25, 0.3) is 0 Å². The third-order valence-electron chi connectivity index (χ3n) is 1.69. The van der Waals surface area contributed by atoms with Crippen LogP contribution < -0.4 is 0 Å². The molecule has 0 heterocycles. The van der Waals surface area contributed by atoms with Crippen molar-refractivity contribution in [1.29, 1.82) is 0 Å². The van der Waals surface area contributed by atoms with E-state index in [0.717, 1.165) is 15.6 Å². The lowest BCUT2D eigenvalue weighted by Gasteiger charge is -2.04. The van der Waals surface area contributed by atoms with Crippen LogP contribution in [0.5, 0.6) is 5.75 Å². The number of hydrogen-bond acceptors (Lipinski definition) is 2. The molecule has 0 aliphatic carbocycles. The first-order chi connectivity index (χ1) is 5.69. The van der Waals surface area contributed by atoms with Crippen molar-refractivity contribution in [2.45, 2.75) is 13.3 Å². The molecule has 0 amide bonds. The summed E-state index contributed by atoms with van der Waals surface area (Å²) in [5.41, 5.74) is 1.20. The summed E-state index contributed by atoms with van der Waals surface area (Å²) < 4.78 is 0.976. The fraction of sp³-hybridized carbons (Fsp3) is 0.222. The summed E-state index contributed by atoms with van der Waals surface area (Å²) in [6.07, 6.45) is 1.42. The van der Waals surface area contributed by atoms with Crippen LogP contribution >= 0.6 is 22.6 Å². The van der Waals surface area contributed by atoms with Gasteiger partial charge in [-0.15, -0.1) is 0 Å². The zero-order valence-corrected chi connectivity index (χ0v) is 8.83. The number of hydrogen-bond donors (Lipinski definition) is 1. The molecule has 1 rings (SSSR count). The molecule has 0 radical (unpaired) electrons. The Morgan fingerprint density at radius 1 is 1.58 bits per heavy atom. The quantitative estimate of drug-likeness (QED) is 0.665. The number of benzene rings is 1. The van der Waals surface area contributed by atoms with E-state index >= 15 is 0 Å². The number of aldehydes is 1. The maximum atomic E-state index is 10.5. The van der Waals surface area contributed by atoms with Gasteiger partial charge in [-0.2, -0.15) is 0 Å². The highest BCUT2D eigenvalue weighted by Gasteiger charge is 2.06. The number of aromatic hydroxyl groups is 1. The first-order valence-corrected chi connectivity index (χ1v) is 4.73. The zero-order valence-electron chi connectivity index (χ0n) is 6.67. The topological polar surface area (TPSA) is 37.3 Å². The van der Waals surface area contributed by atoms with Crippen LogP contribution in [0.15, 0.2) is 12.1 Å². The Bertz CT molecular complexity index is 308. The van der Waals surface area contributed by atoms with E-state index in [1.165, 1.54) is 0 Å². The summed E-state index contributed by atoms with van der Waals surface area (Å²) in [5, 5.41) is 9.48. The Kier molecular flexibility index (Phi) is 3.08. The zero-order chi connectivity index (χ0) is 9.14. The van der Waals surface area contributed by atoms with Crippen molar-refractivity contribution in [3.05, 3.63) is 26.8 Å². The second-order valence-corrected chi connectivity index (χ2v) is 3.72. The van der Waals surface area contributed by atoms with E-state index in [0.29, 0.717) is 11.8 Å². The third-order valence-corrected chi connectivity index (χ3v) is 2.31. The largest absolute Gasteiger partial charge is 0.507 e. The van der Waals surface area contributed by atoms with Crippen molar-refractivity contribution < 1.29 is 9.90 Å². The lowest BCUT2D eigenvalue weighted by Crippen LogP contribution is -1.89. The number of halogens is 1. The fourth-order valence-corrected chi connectivity index (χ4v) is 1.75. The average molecular weight is 276 g/mol. The van der Waals surface area contributed by atoms with E-state index in [-0.39, 0.29) is 5.75 Å². The molecule has 0 saturated heterocycles. The molecular weight excluding hydrogens is 267 g/mol. The predicted molar refractivity (Wildman–Crippen MR) is 55.6 cm³/mol. The van der Waals surface area contributed by atoms with Crippen molar-refractivity contribution in [2.75, 3.05) is 0 Å². The van der Waals surface area contributed by atoms with Crippen LogP contribution in [-0.2, 0) is 6.42 Å². The monoisotopic (exact) mass is 276 g/mol. The van der Waals surface area contributed by atoms with Gasteiger partial charge in [-0.05, 0) is 46.7 Å². The van der Waals surface area contributed by atoms with E-state index in [9.17, 15) is 9.90 Å². The van der Waals surface area contributed by atoms with Gasteiger partial charge in [0.2, 0.25) is 0 Å². The van der Waals surface area contributed by atoms with Crippen LogP contribution in [0, 0.1) is 3.57 Å². The second kappa shape index (κ2) is 3.89. The minimum atomic E-state index is 0.118. The van der Waals surface area contributed by atoms with Gasteiger partial charge in [-0.25, -0.2) is 0 Å². The van der Waals surface area contributed by atoms with Gasteiger partial charge in [-0.1, -0.05) is 6.92 Å². The van der Waals surface area contributed by atoms with Crippen LogP contribution in [0.2, 0.25) is 0 Å². The van der Waals surface area contributed by atoms with Crippen molar-refractivity contribution in [2.24, 2.45) is 0 Å². The smallest absolute Gasteiger partial charge is 0.153 e. The Morgan fingerprint density at radius 2 is 2.25 bits per heavy atom. The maximum Gasteiger partial charge on any atom is 0.153 e. The average Bonchev–Trinajstić information content (AvgIpc) is 2.08. The molecule has 0 atom stereocenters. The van der Waals surface area contributed by atoms with Gasteiger partial charge in [-0.3, -0.25) is 4.79 Å². The normalized spacial score (nSPS) is 9.83. The number of aryl methyl sites for hydroxylation is 1. The summed E-state index contributed by atoms with van der Waals surface area (Å²) in [5.74, 6) is 0.118. The Morgan fingerprint density at radius 3 is 2.75 bits per heavy atom. The van der Waals surface area contributed by atoms with Gasteiger partial charge in [0, 0.05) is 3.57 Å². The van der Waals surface area contributed by atoms with Gasteiger partial charge in [0.1, 0.15) is 5.75 Å². The predicted octanol–water partition coefficient (Wildman–Crippen LogP) is 2.37. The highest BCUT2D eigenvalue weighted by molar-refractivity contribution is 14.1. The van der Waals surface area contributed by atoms with E-state index in [1.807, 2.05) is 13.0 Å². The van der Waals surface area contributed by atoms with Gasteiger partial charge in [0.15, 0.2) is 6.29 Å². The van der Waals surface area contributed by atoms with Crippen molar-refractivity contribution in [3.63, 3.8) is 0 Å². The summed E-state index contributed by atoms with van der Waals surface area (Å²) in [6, 6.07) is 3.55. The molecule has 1 aromatic rings. The Balaban J connectivity index is 3.31. The second-order valence-electron chi connectivity index (χ2n) is 2.47. The van der Waals surface area contributed by atoms with Gasteiger partial charge < -0.3 is 5.11 Å². The molecule has 64 valence electrons. The van der Waals surface area contributed by atoms with Crippen LogP contribution in [0.3, 0.4) is 0 Å². The first kappa shape index (κ1) is 9.51. The Labute approximate surface area is 84.7 Å². The number of phenolic OH excluding ortho intramolecular Hbond substituents is 1. The van der Waals surface area contributed by atoms with Crippen LogP contribution in [0.25, 0.3) is 0 Å². The molecule has 1 N–H and O–H groups in total. The minimum Gasteiger partial charge on any atom is -0.507 e. The van der Waals surface area contributed by atoms with E-state index in [2.05, 4.69) is 22.6 Å². The molecule has 0 spiro atoms. The molecule has 0 bridgehead atoms. The first-order valence-electron chi connectivity index (χ1n) is 3.65. The molecule has 0 aliphatic heterocycles. The lowest BCUT2D eigenvalue weighted by molar-refractivity contribution is 0.112. The molecule has 0 aliphatic rings. The molecule has 12 heavy (non-hydrogen) atoms. The summed E-state index contributed by atoms with van der Waals surface area (Å²) in [7, 11) is 0. The van der Waals surface area contributed by atoms with Gasteiger partial charge in [0.05, 0.1) is 5.56 Å². The third kappa shape index (κ3) is 1.77.